The van der Waals surface area contributed by atoms with Gasteiger partial charge in [-0.1, -0.05) is 48.5 Å². The molecule has 2 atom stereocenters. The number of ether oxygens (including phenoxy) is 1. The van der Waals surface area contributed by atoms with Gasteiger partial charge in [0.15, 0.2) is 0 Å². The first kappa shape index (κ1) is 31.4. The number of hydrogen-bond donors (Lipinski definition) is 5. The van der Waals surface area contributed by atoms with E-state index in [9.17, 15) is 24.3 Å². The Hall–Kier alpha value is -4.60. The number of benzene rings is 2. The number of carboxylic acids is 1. The molecule has 0 spiro atoms. The molecular formula is C36H42N4O6. The highest BCUT2D eigenvalue weighted by Crippen LogP contribution is 2.54. The standard InChI is InChI=1S/C36H42N4O6/c1-36(19-27-20-37-30-10-6-5-9-29(27)30,40-35(45)46-32-25-14-23-13-24(16-25)17-26(32)15-23)34(44)39-28(18-22-7-3-2-4-8-22)21-38-31(11-12-41)33(42)43/h2-12,20,23-26,28,32,37-38H,13-19,21H2,1H3,(H,39,44)(H,40,45)(H,42,43)/b31-11+/t23?,24?,25?,26?,28-,32?,36+/m0/s1. The molecule has 1 heterocycles. The van der Waals surface area contributed by atoms with Crippen LogP contribution in [0.3, 0.4) is 0 Å². The quantitative estimate of drug-likeness (QED) is 0.139. The molecule has 1 aromatic heterocycles. The van der Waals surface area contributed by atoms with E-state index in [1.54, 1.807) is 6.92 Å². The van der Waals surface area contributed by atoms with Gasteiger partial charge in [0.2, 0.25) is 5.91 Å². The number of amides is 2. The predicted molar refractivity (Wildman–Crippen MR) is 173 cm³/mol. The van der Waals surface area contributed by atoms with Crippen LogP contribution >= 0.6 is 0 Å². The van der Waals surface area contributed by atoms with Gasteiger partial charge in [0.05, 0.1) is 6.04 Å². The minimum Gasteiger partial charge on any atom is -0.477 e. The Morgan fingerprint density at radius 3 is 2.35 bits per heavy atom. The van der Waals surface area contributed by atoms with Crippen molar-refractivity contribution in [2.24, 2.45) is 23.7 Å². The number of H-pyrrole nitrogens is 1. The summed E-state index contributed by atoms with van der Waals surface area (Å²) in [5.41, 5.74) is 1.03. The number of allylic oxidation sites excluding steroid dienone is 1. The van der Waals surface area contributed by atoms with Crippen molar-refractivity contribution < 1.29 is 29.0 Å². The van der Waals surface area contributed by atoms with E-state index in [1.165, 1.54) is 6.42 Å². The van der Waals surface area contributed by atoms with Gasteiger partial charge >= 0.3 is 12.1 Å². The first-order chi connectivity index (χ1) is 22.2. The number of para-hydroxylation sites is 1. The number of hydrogen-bond acceptors (Lipinski definition) is 6. The zero-order chi connectivity index (χ0) is 32.3. The smallest absolute Gasteiger partial charge is 0.408 e. The van der Waals surface area contributed by atoms with Gasteiger partial charge < -0.3 is 30.8 Å². The number of carboxylic acid groups (broad SMARTS) is 1. The molecule has 3 aromatic rings. The highest BCUT2D eigenvalue weighted by atomic mass is 16.6. The van der Waals surface area contributed by atoms with E-state index >= 15 is 0 Å². The Morgan fingerprint density at radius 2 is 1.67 bits per heavy atom. The van der Waals surface area contributed by atoms with Crippen LogP contribution in [0, 0.1) is 23.7 Å². The number of aromatic amines is 1. The number of fused-ring (bicyclic) bond motifs is 1. The maximum absolute atomic E-state index is 14.3. The van der Waals surface area contributed by atoms with Crippen molar-refractivity contribution >= 4 is 35.2 Å². The molecule has 46 heavy (non-hydrogen) atoms. The number of alkyl carbamates (subject to hydrolysis) is 1. The molecule has 4 fully saturated rings. The van der Waals surface area contributed by atoms with E-state index < -0.39 is 29.6 Å². The maximum atomic E-state index is 14.3. The van der Waals surface area contributed by atoms with Crippen molar-refractivity contribution in [1.82, 2.24) is 20.9 Å². The van der Waals surface area contributed by atoms with Gasteiger partial charge in [-0.15, -0.1) is 0 Å². The van der Waals surface area contributed by atoms with E-state index in [-0.39, 0.29) is 24.8 Å². The van der Waals surface area contributed by atoms with E-state index in [0.29, 0.717) is 24.5 Å². The molecule has 0 aliphatic heterocycles. The molecule has 2 aromatic carbocycles. The van der Waals surface area contributed by atoms with Gasteiger partial charge in [-0.2, -0.15) is 0 Å². The number of aldehydes is 1. The van der Waals surface area contributed by atoms with E-state index in [1.807, 2.05) is 60.8 Å². The molecule has 242 valence electrons. The molecule has 7 rings (SSSR count). The third kappa shape index (κ3) is 6.95. The van der Waals surface area contributed by atoms with Crippen molar-refractivity contribution in [3.8, 4) is 0 Å². The molecule has 0 unspecified atom stereocenters. The fourth-order valence-corrected chi connectivity index (χ4v) is 8.21. The van der Waals surface area contributed by atoms with Crippen LogP contribution in [0.2, 0.25) is 0 Å². The Labute approximate surface area is 268 Å². The maximum Gasteiger partial charge on any atom is 0.408 e. The molecule has 0 saturated heterocycles. The lowest BCUT2D eigenvalue weighted by Gasteiger charge is -2.53. The minimum atomic E-state index is -1.41. The third-order valence-corrected chi connectivity index (χ3v) is 10.1. The Kier molecular flexibility index (Phi) is 9.15. The summed E-state index contributed by atoms with van der Waals surface area (Å²) in [6, 6.07) is 16.7. The predicted octanol–water partition coefficient (Wildman–Crippen LogP) is 4.50. The Morgan fingerprint density at radius 1 is 1.00 bits per heavy atom. The van der Waals surface area contributed by atoms with Gasteiger partial charge in [0.25, 0.3) is 0 Å². The summed E-state index contributed by atoms with van der Waals surface area (Å²) in [5.74, 6) is 0.511. The van der Waals surface area contributed by atoms with Crippen LogP contribution in [-0.2, 0) is 32.0 Å². The summed E-state index contributed by atoms with van der Waals surface area (Å²) in [6.45, 7) is 1.73. The summed E-state index contributed by atoms with van der Waals surface area (Å²) in [4.78, 5) is 53.9. The van der Waals surface area contributed by atoms with Crippen molar-refractivity contribution in [3.05, 3.63) is 83.7 Å². The van der Waals surface area contributed by atoms with Gasteiger partial charge in [-0.3, -0.25) is 9.59 Å². The molecular weight excluding hydrogens is 584 g/mol. The largest absolute Gasteiger partial charge is 0.477 e. The number of nitrogens with one attached hydrogen (secondary N) is 4. The Balaban J connectivity index is 1.23. The lowest BCUT2D eigenvalue weighted by atomic mass is 9.55. The van der Waals surface area contributed by atoms with Gasteiger partial charge in [-0.05, 0) is 86.3 Å². The number of carbonyl (C=O) groups excluding carboxylic acids is 3. The number of aromatic nitrogens is 1. The van der Waals surface area contributed by atoms with Crippen LogP contribution in [0.25, 0.3) is 10.9 Å². The van der Waals surface area contributed by atoms with Crippen LogP contribution in [-0.4, -0.2) is 58.6 Å². The fourth-order valence-electron chi connectivity index (χ4n) is 8.21. The lowest BCUT2D eigenvalue weighted by molar-refractivity contribution is -0.133. The number of aliphatic carboxylic acids is 1. The van der Waals surface area contributed by atoms with Crippen LogP contribution in [0.5, 0.6) is 0 Å². The van der Waals surface area contributed by atoms with Crippen molar-refractivity contribution in [3.63, 3.8) is 0 Å². The summed E-state index contributed by atoms with van der Waals surface area (Å²) in [5, 5.41) is 19.3. The SMILES string of the molecule is C[C@](Cc1c[nH]c2ccccc12)(NC(=O)OC1C2CC3CC(C2)CC1C3)C(=O)N[C@H](CN/C(=C/C=O)C(=O)O)Cc1ccccc1. The molecule has 10 nitrogen and oxygen atoms in total. The number of carbonyl (C=O) groups is 4. The van der Waals surface area contributed by atoms with E-state index in [0.717, 1.165) is 65.6 Å². The van der Waals surface area contributed by atoms with Crippen LogP contribution < -0.4 is 16.0 Å². The van der Waals surface area contributed by atoms with Gasteiger partial charge in [0, 0.05) is 36.1 Å². The summed E-state index contributed by atoms with van der Waals surface area (Å²) in [6.07, 6.45) is 8.73. The molecule has 10 heteroatoms. The fraction of sp³-hybridized carbons (Fsp3) is 0.444. The summed E-state index contributed by atoms with van der Waals surface area (Å²) < 4.78 is 6.16. The minimum absolute atomic E-state index is 0.0357. The van der Waals surface area contributed by atoms with Gasteiger partial charge in [0.1, 0.15) is 23.6 Å². The number of rotatable bonds is 13. The molecule has 5 N–H and O–H groups in total. The monoisotopic (exact) mass is 626 g/mol. The summed E-state index contributed by atoms with van der Waals surface area (Å²) in [7, 11) is 0. The second-order valence-corrected chi connectivity index (χ2v) is 13.6. The average Bonchev–Trinajstić information content (AvgIpc) is 3.43. The topological polar surface area (TPSA) is 150 Å². The lowest BCUT2D eigenvalue weighted by Crippen LogP contribution is -2.62. The second-order valence-electron chi connectivity index (χ2n) is 13.6. The van der Waals surface area contributed by atoms with Crippen LogP contribution in [0.1, 0.15) is 50.2 Å². The van der Waals surface area contributed by atoms with Crippen molar-refractivity contribution in [2.45, 2.75) is 69.6 Å². The van der Waals surface area contributed by atoms with Gasteiger partial charge in [-0.25, -0.2) is 9.59 Å². The Bertz CT molecular complexity index is 1590. The van der Waals surface area contributed by atoms with Crippen LogP contribution in [0.4, 0.5) is 4.79 Å². The molecule has 4 aliphatic rings. The molecule has 4 saturated carbocycles. The molecule has 4 aliphatic carbocycles. The van der Waals surface area contributed by atoms with E-state index in [2.05, 4.69) is 20.9 Å². The first-order valence-corrected chi connectivity index (χ1v) is 16.2. The van der Waals surface area contributed by atoms with E-state index in [4.69, 9.17) is 4.74 Å². The van der Waals surface area contributed by atoms with Crippen molar-refractivity contribution in [2.75, 3.05) is 6.54 Å². The third-order valence-electron chi connectivity index (χ3n) is 10.1. The second kappa shape index (κ2) is 13.4. The van der Waals surface area contributed by atoms with Crippen molar-refractivity contribution in [1.29, 1.82) is 0 Å². The normalized spacial score (nSPS) is 25.3. The average molecular weight is 627 g/mol. The zero-order valence-electron chi connectivity index (χ0n) is 26.0. The van der Waals surface area contributed by atoms with Crippen LogP contribution in [0.15, 0.2) is 72.6 Å². The molecule has 4 bridgehead atoms. The molecule has 0 radical (unpaired) electrons. The highest BCUT2D eigenvalue weighted by Gasteiger charge is 2.50. The highest BCUT2D eigenvalue weighted by molar-refractivity contribution is 5.92. The zero-order valence-corrected chi connectivity index (χ0v) is 26.0. The summed E-state index contributed by atoms with van der Waals surface area (Å²) >= 11 is 0. The molecule has 2 amide bonds. The first-order valence-electron chi connectivity index (χ1n) is 16.2.